The van der Waals surface area contributed by atoms with E-state index in [1.165, 1.54) is 25.7 Å². The minimum Gasteiger partial charge on any atom is -0.356 e. The summed E-state index contributed by atoms with van der Waals surface area (Å²) in [5.41, 5.74) is 0. The topological polar surface area (TPSA) is 77.0 Å². The third-order valence-corrected chi connectivity index (χ3v) is 6.51. The Morgan fingerprint density at radius 2 is 1.55 bits per heavy atom. The maximum atomic E-state index is 12.5. The van der Waals surface area contributed by atoms with Gasteiger partial charge in [-0.1, -0.05) is 27.2 Å². The highest BCUT2D eigenvalue weighted by atomic mass is 16.2. The molecule has 2 N–H and O–H groups in total. The number of hydrogen-bond acceptors (Lipinski definition) is 3. The normalized spacial score (nSPS) is 22.5. The number of hydrogen-bond donors (Lipinski definition) is 2. The zero-order valence-electron chi connectivity index (χ0n) is 20.3. The first-order valence-electron chi connectivity index (χ1n) is 12.4. The molecular formula is C24H45N5O2. The number of nitrogens with one attached hydrogen (secondary N) is 2. The molecule has 0 aromatic carbocycles. The summed E-state index contributed by atoms with van der Waals surface area (Å²) in [5.74, 6) is 2.59. The van der Waals surface area contributed by atoms with Crippen LogP contribution in [-0.4, -0.2) is 73.4 Å². The lowest BCUT2D eigenvalue weighted by Crippen LogP contribution is -2.50. The van der Waals surface area contributed by atoms with Crippen molar-refractivity contribution in [3.8, 4) is 0 Å². The highest BCUT2D eigenvalue weighted by Crippen LogP contribution is 2.23. The van der Waals surface area contributed by atoms with E-state index in [0.717, 1.165) is 37.7 Å². The molecule has 0 aromatic rings. The summed E-state index contributed by atoms with van der Waals surface area (Å²) in [4.78, 5) is 32.8. The second-order valence-corrected chi connectivity index (χ2v) is 9.77. The van der Waals surface area contributed by atoms with Crippen molar-refractivity contribution in [3.05, 3.63) is 0 Å². The first-order chi connectivity index (χ1) is 14.9. The van der Waals surface area contributed by atoms with Crippen LogP contribution in [0.5, 0.6) is 0 Å². The lowest BCUT2D eigenvalue weighted by atomic mass is 9.87. The summed E-state index contributed by atoms with van der Waals surface area (Å²) in [6.45, 7) is 10.0. The van der Waals surface area contributed by atoms with Crippen LogP contribution in [0.2, 0.25) is 0 Å². The predicted molar refractivity (Wildman–Crippen MR) is 127 cm³/mol. The summed E-state index contributed by atoms with van der Waals surface area (Å²) in [7, 11) is 1.83. The lowest BCUT2D eigenvalue weighted by Gasteiger charge is -2.35. The van der Waals surface area contributed by atoms with Crippen molar-refractivity contribution < 1.29 is 9.59 Å². The molecule has 2 aliphatic rings. The third kappa shape index (κ3) is 9.48. The van der Waals surface area contributed by atoms with Crippen LogP contribution in [0.25, 0.3) is 0 Å². The molecule has 2 amide bonds. The van der Waals surface area contributed by atoms with Crippen LogP contribution < -0.4 is 10.6 Å². The van der Waals surface area contributed by atoms with Gasteiger partial charge in [0.25, 0.3) is 0 Å². The number of unbranched alkanes of at least 4 members (excludes halogenated alkanes) is 2. The van der Waals surface area contributed by atoms with Gasteiger partial charge in [0, 0.05) is 58.7 Å². The molecule has 7 nitrogen and oxygen atoms in total. The third-order valence-electron chi connectivity index (χ3n) is 6.51. The minimum absolute atomic E-state index is 0.220. The Balaban J connectivity index is 1.52. The zero-order chi connectivity index (χ0) is 22.6. The van der Waals surface area contributed by atoms with Crippen molar-refractivity contribution in [2.75, 3.05) is 39.8 Å². The molecule has 0 spiro atoms. The highest BCUT2D eigenvalue weighted by Gasteiger charge is 2.24. The summed E-state index contributed by atoms with van der Waals surface area (Å²) in [5, 5.41) is 6.96. The largest absolute Gasteiger partial charge is 0.356 e. The van der Waals surface area contributed by atoms with Gasteiger partial charge in [0.1, 0.15) is 0 Å². The van der Waals surface area contributed by atoms with Crippen molar-refractivity contribution >= 4 is 17.8 Å². The van der Waals surface area contributed by atoms with Crippen LogP contribution in [0.1, 0.15) is 78.6 Å². The quantitative estimate of drug-likeness (QED) is 0.332. The minimum atomic E-state index is 0.220. The van der Waals surface area contributed by atoms with Gasteiger partial charge in [-0.05, 0) is 50.4 Å². The fourth-order valence-electron chi connectivity index (χ4n) is 4.42. The van der Waals surface area contributed by atoms with Gasteiger partial charge in [0.2, 0.25) is 11.8 Å². The molecule has 1 aliphatic carbocycles. The number of aliphatic imine (C=N–C) groups is 1. The molecule has 1 saturated carbocycles. The van der Waals surface area contributed by atoms with Gasteiger partial charge >= 0.3 is 0 Å². The standard InChI is InChI=1S/C24H45N5O2/c1-19(2)18-23(31)29-16-14-28(15-17-29)22(30)8-6-5-7-13-26-24(25-4)27-21-11-9-20(3)10-12-21/h19-21H,5-18H2,1-4H3,(H2,25,26,27). The van der Waals surface area contributed by atoms with Crippen LogP contribution in [-0.2, 0) is 9.59 Å². The van der Waals surface area contributed by atoms with Crippen molar-refractivity contribution in [2.24, 2.45) is 16.8 Å². The molecule has 1 aliphatic heterocycles. The fraction of sp³-hybridized carbons (Fsp3) is 0.875. The molecule has 7 heteroatoms. The highest BCUT2D eigenvalue weighted by molar-refractivity contribution is 5.80. The van der Waals surface area contributed by atoms with Crippen LogP contribution in [0.15, 0.2) is 4.99 Å². The molecule has 31 heavy (non-hydrogen) atoms. The summed E-state index contributed by atoms with van der Waals surface area (Å²) < 4.78 is 0. The van der Waals surface area contributed by atoms with Crippen molar-refractivity contribution in [2.45, 2.75) is 84.6 Å². The molecule has 0 aromatic heterocycles. The van der Waals surface area contributed by atoms with Gasteiger partial charge in [0.15, 0.2) is 5.96 Å². The van der Waals surface area contributed by atoms with Crippen LogP contribution in [0.4, 0.5) is 0 Å². The molecule has 0 radical (unpaired) electrons. The van der Waals surface area contributed by atoms with Crippen molar-refractivity contribution in [1.29, 1.82) is 0 Å². The number of amides is 2. The Morgan fingerprint density at radius 3 is 2.13 bits per heavy atom. The van der Waals surface area contributed by atoms with E-state index < -0.39 is 0 Å². The van der Waals surface area contributed by atoms with Gasteiger partial charge in [-0.15, -0.1) is 0 Å². The molecule has 0 unspecified atom stereocenters. The number of piperazine rings is 1. The van der Waals surface area contributed by atoms with E-state index in [2.05, 4.69) is 36.4 Å². The monoisotopic (exact) mass is 435 g/mol. The lowest BCUT2D eigenvalue weighted by molar-refractivity contribution is -0.140. The number of carbonyl (C=O) groups is 2. The van der Waals surface area contributed by atoms with Crippen molar-refractivity contribution in [1.82, 2.24) is 20.4 Å². The van der Waals surface area contributed by atoms with Gasteiger partial charge in [0.05, 0.1) is 0 Å². The van der Waals surface area contributed by atoms with Crippen molar-refractivity contribution in [3.63, 3.8) is 0 Å². The fourth-order valence-corrected chi connectivity index (χ4v) is 4.42. The molecule has 2 rings (SSSR count). The van der Waals surface area contributed by atoms with E-state index >= 15 is 0 Å². The predicted octanol–water partition coefficient (Wildman–Crippen LogP) is 3.01. The molecule has 178 valence electrons. The second kappa shape index (κ2) is 13.6. The van der Waals surface area contributed by atoms with Crippen LogP contribution in [0.3, 0.4) is 0 Å². The van der Waals surface area contributed by atoms with E-state index in [4.69, 9.17) is 0 Å². The second-order valence-electron chi connectivity index (χ2n) is 9.77. The van der Waals surface area contributed by atoms with Gasteiger partial charge in [-0.3, -0.25) is 14.6 Å². The SMILES string of the molecule is CN=C(NCCCCCC(=O)N1CCN(C(=O)CC(C)C)CC1)NC1CCC(C)CC1. The Labute approximate surface area is 189 Å². The number of nitrogens with zero attached hydrogens (tertiary/aromatic N) is 3. The summed E-state index contributed by atoms with van der Waals surface area (Å²) in [6.07, 6.45) is 9.23. The maximum absolute atomic E-state index is 12.5. The Bertz CT molecular complexity index is 577. The summed E-state index contributed by atoms with van der Waals surface area (Å²) >= 11 is 0. The van der Waals surface area contributed by atoms with Gasteiger partial charge in [-0.25, -0.2) is 0 Å². The first kappa shape index (κ1) is 25.5. The summed E-state index contributed by atoms with van der Waals surface area (Å²) in [6, 6.07) is 0.543. The van der Waals surface area contributed by atoms with Gasteiger partial charge in [-0.2, -0.15) is 0 Å². The van der Waals surface area contributed by atoms with Crippen LogP contribution >= 0.6 is 0 Å². The number of guanidine groups is 1. The van der Waals surface area contributed by atoms with E-state index in [0.29, 0.717) is 51.0 Å². The number of rotatable bonds is 9. The van der Waals surface area contributed by atoms with E-state index in [1.54, 1.807) is 0 Å². The number of carbonyl (C=O) groups excluding carboxylic acids is 2. The van der Waals surface area contributed by atoms with Crippen LogP contribution in [0, 0.1) is 11.8 Å². The first-order valence-corrected chi connectivity index (χ1v) is 12.4. The average molecular weight is 436 g/mol. The maximum Gasteiger partial charge on any atom is 0.222 e. The van der Waals surface area contributed by atoms with E-state index in [-0.39, 0.29) is 11.8 Å². The van der Waals surface area contributed by atoms with E-state index in [9.17, 15) is 9.59 Å². The molecule has 1 heterocycles. The van der Waals surface area contributed by atoms with E-state index in [1.807, 2.05) is 16.8 Å². The molecular weight excluding hydrogens is 390 g/mol. The Morgan fingerprint density at radius 1 is 0.935 bits per heavy atom. The molecule has 2 fully saturated rings. The molecule has 0 atom stereocenters. The zero-order valence-corrected chi connectivity index (χ0v) is 20.3. The Hall–Kier alpha value is -1.79. The molecule has 0 bridgehead atoms. The molecule has 1 saturated heterocycles. The smallest absolute Gasteiger partial charge is 0.222 e. The average Bonchev–Trinajstić information content (AvgIpc) is 2.76. The van der Waals surface area contributed by atoms with Gasteiger partial charge < -0.3 is 20.4 Å². The Kier molecular flexibility index (Phi) is 11.2.